The zero-order valence-electron chi connectivity index (χ0n) is 15.7. The molecule has 2 heterocycles. The Kier molecular flexibility index (Phi) is 7.06. The van der Waals surface area contributed by atoms with Gasteiger partial charge in [-0.25, -0.2) is 0 Å². The van der Waals surface area contributed by atoms with Crippen molar-refractivity contribution in [2.75, 3.05) is 45.8 Å². The highest BCUT2D eigenvalue weighted by Crippen LogP contribution is 2.11. The Morgan fingerprint density at radius 2 is 1.35 bits per heavy atom. The molecule has 1 aromatic rings. The second-order valence-corrected chi connectivity index (χ2v) is 7.40. The maximum Gasteiger partial charge on any atom is 0.223 e. The lowest BCUT2D eigenvalue weighted by Crippen LogP contribution is -2.49. The molecule has 142 valence electrons. The van der Waals surface area contributed by atoms with Crippen molar-refractivity contribution < 1.29 is 9.59 Å². The Morgan fingerprint density at radius 3 is 2.04 bits per heavy atom. The quantitative estimate of drug-likeness (QED) is 0.784. The number of carbonyl (C=O) groups is 2. The molecule has 0 bridgehead atoms. The lowest BCUT2D eigenvalue weighted by molar-refractivity contribution is -0.135. The molecule has 26 heavy (non-hydrogen) atoms. The number of rotatable bonds is 6. The molecular formula is C21H31N3O2. The number of carbonyl (C=O) groups excluding carboxylic acids is 2. The maximum atomic E-state index is 12.4. The predicted molar refractivity (Wildman–Crippen MR) is 103 cm³/mol. The van der Waals surface area contributed by atoms with Crippen LogP contribution in [0.4, 0.5) is 0 Å². The number of hydrogen-bond acceptors (Lipinski definition) is 3. The van der Waals surface area contributed by atoms with Gasteiger partial charge in [0.15, 0.2) is 0 Å². The van der Waals surface area contributed by atoms with Gasteiger partial charge in [0, 0.05) is 58.7 Å². The van der Waals surface area contributed by atoms with E-state index in [2.05, 4.69) is 17.0 Å². The highest BCUT2D eigenvalue weighted by atomic mass is 16.2. The Morgan fingerprint density at radius 1 is 0.731 bits per heavy atom. The third-order valence-corrected chi connectivity index (χ3v) is 5.55. The highest BCUT2D eigenvalue weighted by molar-refractivity contribution is 5.77. The van der Waals surface area contributed by atoms with Crippen molar-refractivity contribution >= 4 is 11.8 Å². The van der Waals surface area contributed by atoms with Gasteiger partial charge < -0.3 is 9.80 Å². The van der Waals surface area contributed by atoms with E-state index in [1.165, 1.54) is 12.0 Å². The summed E-state index contributed by atoms with van der Waals surface area (Å²) in [6, 6.07) is 10.2. The van der Waals surface area contributed by atoms with E-state index < -0.39 is 0 Å². The smallest absolute Gasteiger partial charge is 0.223 e. The molecule has 5 nitrogen and oxygen atoms in total. The molecule has 2 saturated heterocycles. The van der Waals surface area contributed by atoms with Crippen molar-refractivity contribution in [2.24, 2.45) is 0 Å². The Balaban J connectivity index is 1.33. The van der Waals surface area contributed by atoms with E-state index in [-0.39, 0.29) is 5.91 Å². The average molecular weight is 357 g/mol. The van der Waals surface area contributed by atoms with Crippen molar-refractivity contribution in [2.45, 2.75) is 38.5 Å². The Hall–Kier alpha value is -1.88. The fraction of sp³-hybridized carbons (Fsp3) is 0.619. The van der Waals surface area contributed by atoms with Crippen LogP contribution in [0.2, 0.25) is 0 Å². The summed E-state index contributed by atoms with van der Waals surface area (Å²) >= 11 is 0. The van der Waals surface area contributed by atoms with Gasteiger partial charge in [-0.05, 0) is 31.2 Å². The lowest BCUT2D eigenvalue weighted by atomic mass is 10.1. The van der Waals surface area contributed by atoms with Crippen LogP contribution in [0.15, 0.2) is 30.3 Å². The summed E-state index contributed by atoms with van der Waals surface area (Å²) in [5, 5.41) is 0. The first-order chi connectivity index (χ1) is 12.7. The van der Waals surface area contributed by atoms with Crippen molar-refractivity contribution in [1.29, 1.82) is 0 Å². The van der Waals surface area contributed by atoms with Crippen LogP contribution in [-0.2, 0) is 16.0 Å². The molecule has 5 heteroatoms. The van der Waals surface area contributed by atoms with Gasteiger partial charge in [0.25, 0.3) is 0 Å². The van der Waals surface area contributed by atoms with Crippen LogP contribution in [0.3, 0.4) is 0 Å². The first-order valence-electron chi connectivity index (χ1n) is 10.0. The zero-order valence-corrected chi connectivity index (χ0v) is 15.7. The molecule has 2 aliphatic rings. The maximum absolute atomic E-state index is 12.4. The molecule has 0 N–H and O–H groups in total. The second kappa shape index (κ2) is 9.72. The summed E-state index contributed by atoms with van der Waals surface area (Å²) in [7, 11) is 0. The highest BCUT2D eigenvalue weighted by Gasteiger charge is 2.22. The molecule has 0 aliphatic carbocycles. The number of piperazine rings is 1. The van der Waals surface area contributed by atoms with Crippen molar-refractivity contribution in [1.82, 2.24) is 14.7 Å². The van der Waals surface area contributed by atoms with E-state index in [1.54, 1.807) is 0 Å². The van der Waals surface area contributed by atoms with Gasteiger partial charge >= 0.3 is 0 Å². The lowest BCUT2D eigenvalue weighted by Gasteiger charge is -2.35. The molecule has 1 aromatic carbocycles. The number of likely N-dealkylation sites (tertiary alicyclic amines) is 1. The summed E-state index contributed by atoms with van der Waals surface area (Å²) in [5.74, 6) is 0.545. The third kappa shape index (κ3) is 5.56. The average Bonchev–Trinajstić information content (AvgIpc) is 2.72. The van der Waals surface area contributed by atoms with Gasteiger partial charge in [0.05, 0.1) is 0 Å². The van der Waals surface area contributed by atoms with E-state index in [4.69, 9.17) is 0 Å². The number of hydrogen-bond donors (Lipinski definition) is 0. The van der Waals surface area contributed by atoms with Gasteiger partial charge in [-0.2, -0.15) is 0 Å². The Bertz CT molecular complexity index is 576. The molecule has 2 aliphatic heterocycles. The number of benzene rings is 1. The molecule has 2 amide bonds. The third-order valence-electron chi connectivity index (χ3n) is 5.55. The molecule has 0 radical (unpaired) electrons. The monoisotopic (exact) mass is 357 g/mol. The van der Waals surface area contributed by atoms with E-state index in [0.717, 1.165) is 65.1 Å². The minimum atomic E-state index is 0.248. The topological polar surface area (TPSA) is 43.9 Å². The fourth-order valence-electron chi connectivity index (χ4n) is 3.83. The van der Waals surface area contributed by atoms with Crippen LogP contribution < -0.4 is 0 Å². The summed E-state index contributed by atoms with van der Waals surface area (Å²) in [4.78, 5) is 31.0. The van der Waals surface area contributed by atoms with Crippen molar-refractivity contribution in [3.63, 3.8) is 0 Å². The number of piperidine rings is 1. The van der Waals surface area contributed by atoms with Crippen molar-refractivity contribution in [3.8, 4) is 0 Å². The van der Waals surface area contributed by atoms with Crippen LogP contribution in [-0.4, -0.2) is 72.3 Å². The number of nitrogens with zero attached hydrogens (tertiary/aromatic N) is 3. The molecule has 3 rings (SSSR count). The zero-order chi connectivity index (χ0) is 18.2. The number of amides is 2. The summed E-state index contributed by atoms with van der Waals surface area (Å²) in [6.07, 6.45) is 5.55. The van der Waals surface area contributed by atoms with Gasteiger partial charge in [0.2, 0.25) is 11.8 Å². The standard InChI is InChI=1S/C21H31N3O2/c25-20(10-9-19-7-3-1-4-8-19)24-17-15-22(16-18-24)14-11-21(26)23-12-5-2-6-13-23/h1,3-4,7-8H,2,5-6,9-18H2. The minimum absolute atomic E-state index is 0.248. The van der Waals surface area contributed by atoms with Crippen LogP contribution in [0, 0.1) is 0 Å². The van der Waals surface area contributed by atoms with Gasteiger partial charge in [0.1, 0.15) is 0 Å². The minimum Gasteiger partial charge on any atom is -0.343 e. The van der Waals surface area contributed by atoms with Crippen LogP contribution in [0.1, 0.15) is 37.7 Å². The molecule has 0 atom stereocenters. The first kappa shape index (κ1) is 18.9. The van der Waals surface area contributed by atoms with E-state index in [9.17, 15) is 9.59 Å². The molecular weight excluding hydrogens is 326 g/mol. The molecule has 2 fully saturated rings. The van der Waals surface area contributed by atoms with Gasteiger partial charge in [-0.1, -0.05) is 30.3 Å². The largest absolute Gasteiger partial charge is 0.343 e. The van der Waals surface area contributed by atoms with Crippen LogP contribution >= 0.6 is 0 Å². The SMILES string of the molecule is O=C(CCN1CCN(C(=O)CCc2ccccc2)CC1)N1CCCCC1. The first-order valence-corrected chi connectivity index (χ1v) is 10.0. The van der Waals surface area contributed by atoms with Gasteiger partial charge in [-0.3, -0.25) is 14.5 Å². The predicted octanol–water partition coefficient (Wildman–Crippen LogP) is 2.17. The van der Waals surface area contributed by atoms with Crippen LogP contribution in [0.25, 0.3) is 0 Å². The number of aryl methyl sites for hydroxylation is 1. The van der Waals surface area contributed by atoms with E-state index in [0.29, 0.717) is 18.7 Å². The fourth-order valence-corrected chi connectivity index (χ4v) is 3.83. The van der Waals surface area contributed by atoms with Crippen LogP contribution in [0.5, 0.6) is 0 Å². The second-order valence-electron chi connectivity index (χ2n) is 7.40. The molecule has 0 saturated carbocycles. The summed E-state index contributed by atoms with van der Waals surface area (Å²) in [5.41, 5.74) is 1.22. The molecule has 0 aromatic heterocycles. The van der Waals surface area contributed by atoms with Gasteiger partial charge in [-0.15, -0.1) is 0 Å². The molecule has 0 spiro atoms. The van der Waals surface area contributed by atoms with Crippen molar-refractivity contribution in [3.05, 3.63) is 35.9 Å². The summed E-state index contributed by atoms with van der Waals surface area (Å²) < 4.78 is 0. The van der Waals surface area contributed by atoms with E-state index in [1.807, 2.05) is 28.0 Å². The van der Waals surface area contributed by atoms with E-state index >= 15 is 0 Å². The molecule has 0 unspecified atom stereocenters. The Labute approximate surface area is 156 Å². The summed E-state index contributed by atoms with van der Waals surface area (Å²) in [6.45, 7) is 6.01. The normalized spacial score (nSPS) is 18.8.